The number of nitrogens with one attached hydrogen (secondary N) is 1. The average Bonchev–Trinajstić information content (AvgIpc) is 2.28. The van der Waals surface area contributed by atoms with Gasteiger partial charge in [0.05, 0.1) is 7.11 Å². The Morgan fingerprint density at radius 1 is 1.47 bits per heavy atom. The highest BCUT2D eigenvalue weighted by molar-refractivity contribution is 5.95. The lowest BCUT2D eigenvalue weighted by molar-refractivity contribution is 0.0915. The summed E-state index contributed by atoms with van der Waals surface area (Å²) in [5, 5.41) is 2.88. The van der Waals surface area contributed by atoms with Crippen molar-refractivity contribution in [1.82, 2.24) is 5.32 Å². The predicted molar refractivity (Wildman–Crippen MR) is 68.3 cm³/mol. The maximum atomic E-state index is 12.0. The molecule has 0 unspecified atom stereocenters. The maximum absolute atomic E-state index is 12.0. The third-order valence-electron chi connectivity index (χ3n) is 2.62. The number of aryl methyl sites for hydroxylation is 1. The fraction of sp³-hybridized carbons (Fsp3) is 0.462. The minimum atomic E-state index is -0.398. The van der Waals surface area contributed by atoms with Gasteiger partial charge in [0, 0.05) is 17.6 Å². The minimum absolute atomic E-state index is 0.119. The smallest absolute Gasteiger partial charge is 0.251 e. The van der Waals surface area contributed by atoms with Crippen LogP contribution >= 0.6 is 0 Å². The summed E-state index contributed by atoms with van der Waals surface area (Å²) in [7, 11) is 1.61. The van der Waals surface area contributed by atoms with Gasteiger partial charge in [0.2, 0.25) is 0 Å². The molecule has 1 aromatic rings. The van der Waals surface area contributed by atoms with E-state index in [1.807, 2.05) is 20.8 Å². The molecule has 0 aromatic heterocycles. The molecule has 94 valence electrons. The quantitative estimate of drug-likeness (QED) is 0.832. The fourth-order valence-corrected chi connectivity index (χ4v) is 1.45. The molecule has 0 bridgehead atoms. The highest BCUT2D eigenvalue weighted by atomic mass is 16.5. The Balaban J connectivity index is 2.87. The van der Waals surface area contributed by atoms with E-state index in [9.17, 15) is 4.79 Å². The molecule has 0 aliphatic carbocycles. The molecular formula is C13H20N2O2. The molecule has 4 nitrogen and oxygen atoms in total. The SMILES string of the molecule is COc1ccc(C(=O)NC(C)(C)CN)cc1C. The lowest BCUT2D eigenvalue weighted by atomic mass is 10.0. The Morgan fingerprint density at radius 2 is 2.12 bits per heavy atom. The molecule has 0 aliphatic heterocycles. The van der Waals surface area contributed by atoms with Crippen LogP contribution in [0, 0.1) is 6.92 Å². The summed E-state index contributed by atoms with van der Waals surface area (Å²) in [6.07, 6.45) is 0. The Morgan fingerprint density at radius 3 is 2.59 bits per heavy atom. The zero-order valence-corrected chi connectivity index (χ0v) is 10.8. The van der Waals surface area contributed by atoms with Gasteiger partial charge in [0.25, 0.3) is 5.91 Å². The Bertz CT molecular complexity index is 414. The van der Waals surface area contributed by atoms with Crippen LogP contribution in [0.25, 0.3) is 0 Å². The van der Waals surface area contributed by atoms with E-state index in [4.69, 9.17) is 10.5 Å². The van der Waals surface area contributed by atoms with E-state index in [1.54, 1.807) is 25.3 Å². The van der Waals surface area contributed by atoms with Crippen molar-refractivity contribution in [3.63, 3.8) is 0 Å². The summed E-state index contributed by atoms with van der Waals surface area (Å²) in [5.41, 5.74) is 6.73. The standard InChI is InChI=1S/C13H20N2O2/c1-9-7-10(5-6-11(9)17-4)12(16)15-13(2,3)8-14/h5-7H,8,14H2,1-4H3,(H,15,16). The number of carbonyl (C=O) groups excluding carboxylic acids is 1. The second-order valence-electron chi connectivity index (χ2n) is 4.73. The molecule has 0 atom stereocenters. The Kier molecular flexibility index (Phi) is 4.12. The van der Waals surface area contributed by atoms with Crippen LogP contribution in [-0.4, -0.2) is 25.1 Å². The lowest BCUT2D eigenvalue weighted by Gasteiger charge is -2.24. The first-order chi connectivity index (χ1) is 7.89. The normalized spacial score (nSPS) is 11.1. The first-order valence-electron chi connectivity index (χ1n) is 5.57. The van der Waals surface area contributed by atoms with Crippen molar-refractivity contribution in [3.05, 3.63) is 29.3 Å². The summed E-state index contributed by atoms with van der Waals surface area (Å²) in [6, 6.07) is 5.34. The van der Waals surface area contributed by atoms with E-state index in [1.165, 1.54) is 0 Å². The van der Waals surface area contributed by atoms with Gasteiger partial charge in [-0.05, 0) is 44.5 Å². The highest BCUT2D eigenvalue weighted by Crippen LogP contribution is 2.18. The van der Waals surface area contributed by atoms with E-state index in [2.05, 4.69) is 5.32 Å². The van der Waals surface area contributed by atoms with Gasteiger partial charge in [-0.1, -0.05) is 0 Å². The first-order valence-corrected chi connectivity index (χ1v) is 5.57. The summed E-state index contributed by atoms with van der Waals surface area (Å²) in [5.74, 6) is 0.658. The molecule has 17 heavy (non-hydrogen) atoms. The van der Waals surface area contributed by atoms with Crippen molar-refractivity contribution >= 4 is 5.91 Å². The monoisotopic (exact) mass is 236 g/mol. The molecular weight excluding hydrogens is 216 g/mol. The number of hydrogen-bond donors (Lipinski definition) is 2. The lowest BCUT2D eigenvalue weighted by Crippen LogP contribution is -2.48. The molecule has 4 heteroatoms. The number of methoxy groups -OCH3 is 1. The van der Waals surface area contributed by atoms with Crippen molar-refractivity contribution in [3.8, 4) is 5.75 Å². The van der Waals surface area contributed by atoms with Crippen molar-refractivity contribution < 1.29 is 9.53 Å². The molecule has 0 fully saturated rings. The summed E-state index contributed by atoms with van der Waals surface area (Å²) < 4.78 is 5.15. The fourth-order valence-electron chi connectivity index (χ4n) is 1.45. The number of benzene rings is 1. The summed E-state index contributed by atoms with van der Waals surface area (Å²) >= 11 is 0. The van der Waals surface area contributed by atoms with E-state index in [0.717, 1.165) is 11.3 Å². The van der Waals surface area contributed by atoms with Crippen LogP contribution in [-0.2, 0) is 0 Å². The minimum Gasteiger partial charge on any atom is -0.496 e. The molecule has 1 rings (SSSR count). The molecule has 1 amide bonds. The van der Waals surface area contributed by atoms with Gasteiger partial charge in [0.15, 0.2) is 0 Å². The molecule has 0 saturated heterocycles. The number of nitrogens with two attached hydrogens (primary N) is 1. The van der Waals surface area contributed by atoms with E-state index in [-0.39, 0.29) is 5.91 Å². The van der Waals surface area contributed by atoms with Gasteiger partial charge in [-0.2, -0.15) is 0 Å². The van der Waals surface area contributed by atoms with Gasteiger partial charge in [-0.15, -0.1) is 0 Å². The molecule has 1 aromatic carbocycles. The van der Waals surface area contributed by atoms with E-state index in [0.29, 0.717) is 12.1 Å². The van der Waals surface area contributed by atoms with Gasteiger partial charge >= 0.3 is 0 Å². The summed E-state index contributed by atoms with van der Waals surface area (Å²) in [6.45, 7) is 6.08. The topological polar surface area (TPSA) is 64.3 Å². The molecule has 0 heterocycles. The van der Waals surface area contributed by atoms with Crippen molar-refractivity contribution in [2.45, 2.75) is 26.3 Å². The molecule has 0 radical (unpaired) electrons. The highest BCUT2D eigenvalue weighted by Gasteiger charge is 2.19. The maximum Gasteiger partial charge on any atom is 0.251 e. The number of rotatable bonds is 4. The van der Waals surface area contributed by atoms with Crippen LogP contribution in [0.1, 0.15) is 29.8 Å². The van der Waals surface area contributed by atoms with Gasteiger partial charge in [0.1, 0.15) is 5.75 Å². The third-order valence-corrected chi connectivity index (χ3v) is 2.62. The number of hydrogen-bond acceptors (Lipinski definition) is 3. The third kappa shape index (κ3) is 3.46. The zero-order chi connectivity index (χ0) is 13.1. The van der Waals surface area contributed by atoms with Crippen molar-refractivity contribution in [2.75, 3.05) is 13.7 Å². The van der Waals surface area contributed by atoms with Crippen LogP contribution in [0.3, 0.4) is 0 Å². The molecule has 3 N–H and O–H groups in total. The molecule has 0 aliphatic rings. The van der Waals surface area contributed by atoms with Gasteiger partial charge < -0.3 is 15.8 Å². The van der Waals surface area contributed by atoms with E-state index < -0.39 is 5.54 Å². The van der Waals surface area contributed by atoms with Crippen LogP contribution in [0.4, 0.5) is 0 Å². The van der Waals surface area contributed by atoms with Crippen LogP contribution in [0.2, 0.25) is 0 Å². The Hall–Kier alpha value is -1.55. The second-order valence-corrected chi connectivity index (χ2v) is 4.73. The van der Waals surface area contributed by atoms with Gasteiger partial charge in [-0.3, -0.25) is 4.79 Å². The Labute approximate surface area is 102 Å². The number of amides is 1. The largest absolute Gasteiger partial charge is 0.496 e. The van der Waals surface area contributed by atoms with E-state index >= 15 is 0 Å². The molecule has 0 spiro atoms. The molecule has 0 saturated carbocycles. The zero-order valence-electron chi connectivity index (χ0n) is 10.8. The summed E-state index contributed by atoms with van der Waals surface area (Å²) in [4.78, 5) is 12.0. The first kappa shape index (κ1) is 13.5. The van der Waals surface area contributed by atoms with Crippen LogP contribution in [0.15, 0.2) is 18.2 Å². The van der Waals surface area contributed by atoms with Crippen LogP contribution < -0.4 is 15.8 Å². The number of carbonyl (C=O) groups is 1. The van der Waals surface area contributed by atoms with Crippen molar-refractivity contribution in [1.29, 1.82) is 0 Å². The number of ether oxygens (including phenoxy) is 1. The van der Waals surface area contributed by atoms with Gasteiger partial charge in [-0.25, -0.2) is 0 Å². The average molecular weight is 236 g/mol. The predicted octanol–water partition coefficient (Wildman–Crippen LogP) is 1.47. The second kappa shape index (κ2) is 5.19. The van der Waals surface area contributed by atoms with Crippen LogP contribution in [0.5, 0.6) is 5.75 Å². The van der Waals surface area contributed by atoms with Crippen molar-refractivity contribution in [2.24, 2.45) is 5.73 Å².